The van der Waals surface area contributed by atoms with Crippen LogP contribution in [-0.2, 0) is 11.3 Å². The summed E-state index contributed by atoms with van der Waals surface area (Å²) in [6.07, 6.45) is 3.51. The van der Waals surface area contributed by atoms with Crippen LogP contribution in [0.15, 0.2) is 41.1 Å². The smallest absolute Gasteiger partial charge is 0.358 e. The van der Waals surface area contributed by atoms with Gasteiger partial charge in [-0.1, -0.05) is 6.07 Å². The van der Waals surface area contributed by atoms with Gasteiger partial charge >= 0.3 is 5.97 Å². The molecule has 3 rings (SSSR count). The van der Waals surface area contributed by atoms with Crippen molar-refractivity contribution in [3.05, 3.63) is 58.0 Å². The number of esters is 1. The van der Waals surface area contributed by atoms with Crippen molar-refractivity contribution in [2.45, 2.75) is 13.5 Å². The highest BCUT2D eigenvalue weighted by Gasteiger charge is 2.16. The van der Waals surface area contributed by atoms with Gasteiger partial charge in [0.1, 0.15) is 12.3 Å². The van der Waals surface area contributed by atoms with E-state index < -0.39 is 5.97 Å². The summed E-state index contributed by atoms with van der Waals surface area (Å²) in [6, 6.07) is 7.43. The van der Waals surface area contributed by atoms with Gasteiger partial charge in [0.05, 0.1) is 18.7 Å². The summed E-state index contributed by atoms with van der Waals surface area (Å²) >= 11 is 3.46. The second kappa shape index (κ2) is 7.14. The van der Waals surface area contributed by atoms with E-state index in [1.165, 1.54) is 0 Å². The molecule has 0 N–H and O–H groups in total. The van der Waals surface area contributed by atoms with E-state index >= 15 is 0 Å². The number of aromatic nitrogens is 2. The van der Waals surface area contributed by atoms with Crippen LogP contribution in [0.2, 0.25) is 0 Å². The number of hydrogen-bond acceptors (Lipinski definition) is 5. The number of benzene rings is 1. The summed E-state index contributed by atoms with van der Waals surface area (Å²) in [5.74, 6) is 0.669. The highest BCUT2D eigenvalue weighted by molar-refractivity contribution is 9.10. The molecule has 0 saturated carbocycles. The number of carbonyl (C=O) groups excluding carboxylic acids is 1. The first-order valence-corrected chi connectivity index (χ1v) is 8.34. The van der Waals surface area contributed by atoms with Crippen LogP contribution in [0, 0.1) is 6.92 Å². The summed E-state index contributed by atoms with van der Waals surface area (Å²) in [4.78, 5) is 16.6. The Bertz CT molecular complexity index is 936. The number of methoxy groups -OCH3 is 2. The molecule has 0 unspecified atom stereocenters. The third-order valence-corrected chi connectivity index (χ3v) is 4.62. The molecular formula is C18H17BrN2O4. The minimum absolute atomic E-state index is 0.0900. The molecule has 0 amide bonds. The van der Waals surface area contributed by atoms with Crippen LogP contribution in [0.1, 0.15) is 21.6 Å². The third kappa shape index (κ3) is 3.46. The molecule has 1 aromatic carbocycles. The van der Waals surface area contributed by atoms with Crippen molar-refractivity contribution in [3.63, 3.8) is 0 Å². The monoisotopic (exact) mass is 404 g/mol. The standard InChI is InChI=1S/C18H17BrN2O4/c1-11-6-7-21-9-13(20-15(21)8-11)18(22)25-10-12-4-5-14(23-2)17(24-3)16(12)19/h4-9H,10H2,1-3H3. The number of nitrogens with zero attached hydrogens (tertiary/aromatic N) is 2. The number of pyridine rings is 1. The normalized spacial score (nSPS) is 10.7. The molecule has 130 valence electrons. The van der Waals surface area contributed by atoms with E-state index in [1.807, 2.05) is 31.3 Å². The molecule has 0 fully saturated rings. The van der Waals surface area contributed by atoms with Crippen LogP contribution >= 0.6 is 15.9 Å². The van der Waals surface area contributed by atoms with Gasteiger partial charge in [-0.3, -0.25) is 0 Å². The van der Waals surface area contributed by atoms with E-state index in [0.717, 1.165) is 11.1 Å². The third-order valence-electron chi connectivity index (χ3n) is 3.75. The van der Waals surface area contributed by atoms with E-state index in [0.29, 0.717) is 21.6 Å². The Hall–Kier alpha value is -2.54. The molecule has 0 radical (unpaired) electrons. The van der Waals surface area contributed by atoms with Crippen LogP contribution in [0.4, 0.5) is 0 Å². The Balaban J connectivity index is 1.77. The Morgan fingerprint density at radius 3 is 2.76 bits per heavy atom. The van der Waals surface area contributed by atoms with Gasteiger partial charge in [-0.2, -0.15) is 0 Å². The Kier molecular flexibility index (Phi) is 4.94. The van der Waals surface area contributed by atoms with Gasteiger partial charge in [0.25, 0.3) is 0 Å². The molecule has 3 aromatic rings. The fourth-order valence-electron chi connectivity index (χ4n) is 2.44. The Morgan fingerprint density at radius 1 is 1.24 bits per heavy atom. The van der Waals surface area contributed by atoms with E-state index in [-0.39, 0.29) is 12.3 Å². The van der Waals surface area contributed by atoms with Crippen molar-refractivity contribution < 1.29 is 19.0 Å². The van der Waals surface area contributed by atoms with Crippen molar-refractivity contribution in [1.82, 2.24) is 9.38 Å². The molecular weight excluding hydrogens is 388 g/mol. The van der Waals surface area contributed by atoms with Crippen LogP contribution in [-0.4, -0.2) is 29.6 Å². The second-order valence-corrected chi connectivity index (χ2v) is 6.24. The molecule has 0 saturated heterocycles. The fourth-order valence-corrected chi connectivity index (χ4v) is 3.04. The number of hydrogen-bond donors (Lipinski definition) is 0. The van der Waals surface area contributed by atoms with E-state index in [2.05, 4.69) is 20.9 Å². The zero-order chi connectivity index (χ0) is 18.0. The van der Waals surface area contributed by atoms with Gasteiger partial charge in [0.2, 0.25) is 0 Å². The number of aryl methyl sites for hydroxylation is 1. The zero-order valence-corrected chi connectivity index (χ0v) is 15.7. The average molecular weight is 405 g/mol. The summed E-state index contributed by atoms with van der Waals surface area (Å²) in [7, 11) is 3.12. The molecule has 0 aliphatic rings. The number of rotatable bonds is 5. The van der Waals surface area contributed by atoms with Crippen molar-refractivity contribution in [1.29, 1.82) is 0 Å². The van der Waals surface area contributed by atoms with Crippen LogP contribution in [0.5, 0.6) is 11.5 Å². The first-order valence-electron chi connectivity index (χ1n) is 7.55. The summed E-state index contributed by atoms with van der Waals surface area (Å²) in [5.41, 5.74) is 2.82. The SMILES string of the molecule is COc1ccc(COC(=O)c2cn3ccc(C)cc3n2)c(Br)c1OC. The molecule has 0 spiro atoms. The fraction of sp³-hybridized carbons (Fsp3) is 0.222. The minimum Gasteiger partial charge on any atom is -0.493 e. The highest BCUT2D eigenvalue weighted by Crippen LogP contribution is 2.37. The summed E-state index contributed by atoms with van der Waals surface area (Å²) in [6.45, 7) is 2.06. The molecule has 2 heterocycles. The van der Waals surface area contributed by atoms with Gasteiger partial charge < -0.3 is 18.6 Å². The van der Waals surface area contributed by atoms with Crippen LogP contribution in [0.25, 0.3) is 5.65 Å². The predicted molar refractivity (Wildman–Crippen MR) is 96.3 cm³/mol. The van der Waals surface area contributed by atoms with E-state index in [4.69, 9.17) is 14.2 Å². The van der Waals surface area contributed by atoms with Gasteiger partial charge in [0.15, 0.2) is 17.2 Å². The summed E-state index contributed by atoms with van der Waals surface area (Å²) in [5, 5.41) is 0. The molecule has 0 bridgehead atoms. The van der Waals surface area contributed by atoms with Crippen molar-refractivity contribution >= 4 is 27.5 Å². The number of fused-ring (bicyclic) bond motifs is 1. The van der Waals surface area contributed by atoms with Gasteiger partial charge in [0, 0.05) is 18.0 Å². The number of halogens is 1. The van der Waals surface area contributed by atoms with Crippen molar-refractivity contribution in [2.75, 3.05) is 14.2 Å². The molecule has 0 aliphatic heterocycles. The number of imidazole rings is 1. The molecule has 7 heteroatoms. The maximum atomic E-state index is 12.3. The average Bonchev–Trinajstić information content (AvgIpc) is 3.03. The molecule has 0 aliphatic carbocycles. The lowest BCUT2D eigenvalue weighted by atomic mass is 10.2. The van der Waals surface area contributed by atoms with Crippen molar-refractivity contribution in [3.8, 4) is 11.5 Å². The topological polar surface area (TPSA) is 62.1 Å². The Morgan fingerprint density at radius 2 is 2.04 bits per heavy atom. The number of ether oxygens (including phenoxy) is 3. The van der Waals surface area contributed by atoms with Crippen molar-refractivity contribution in [2.24, 2.45) is 0 Å². The Labute approximate surface area is 153 Å². The zero-order valence-electron chi connectivity index (χ0n) is 14.1. The lowest BCUT2D eigenvalue weighted by Gasteiger charge is -2.13. The van der Waals surface area contributed by atoms with Crippen LogP contribution < -0.4 is 9.47 Å². The molecule has 2 aromatic heterocycles. The minimum atomic E-state index is -0.483. The molecule has 25 heavy (non-hydrogen) atoms. The quantitative estimate of drug-likeness (QED) is 0.605. The van der Waals surface area contributed by atoms with E-state index in [1.54, 1.807) is 30.9 Å². The highest BCUT2D eigenvalue weighted by atomic mass is 79.9. The first-order chi connectivity index (χ1) is 12.0. The van der Waals surface area contributed by atoms with Gasteiger partial charge in [-0.05, 0) is 46.6 Å². The number of carbonyl (C=O) groups is 1. The summed E-state index contributed by atoms with van der Waals surface area (Å²) < 4.78 is 18.4. The largest absolute Gasteiger partial charge is 0.493 e. The van der Waals surface area contributed by atoms with Gasteiger partial charge in [-0.25, -0.2) is 9.78 Å². The van der Waals surface area contributed by atoms with Crippen LogP contribution in [0.3, 0.4) is 0 Å². The van der Waals surface area contributed by atoms with Gasteiger partial charge in [-0.15, -0.1) is 0 Å². The predicted octanol–water partition coefficient (Wildman–Crippen LogP) is 3.78. The van der Waals surface area contributed by atoms with E-state index in [9.17, 15) is 4.79 Å². The maximum Gasteiger partial charge on any atom is 0.358 e. The maximum absolute atomic E-state index is 12.3. The molecule has 0 atom stereocenters. The lowest BCUT2D eigenvalue weighted by Crippen LogP contribution is -2.06. The first kappa shape index (κ1) is 17.3. The lowest BCUT2D eigenvalue weighted by molar-refractivity contribution is 0.0465. The molecule has 6 nitrogen and oxygen atoms in total. The second-order valence-electron chi connectivity index (χ2n) is 5.45.